The Kier molecular flexibility index (Phi) is 6.95. The Bertz CT molecular complexity index is 966. The van der Waals surface area contributed by atoms with E-state index in [1.54, 1.807) is 19.1 Å². The highest BCUT2D eigenvalue weighted by Gasteiger charge is 2.75. The van der Waals surface area contributed by atoms with Crippen LogP contribution >= 0.6 is 11.6 Å². The zero-order chi connectivity index (χ0) is 24.8. The van der Waals surface area contributed by atoms with Crippen molar-refractivity contribution in [2.24, 2.45) is 17.8 Å². The Labute approximate surface area is 204 Å². The van der Waals surface area contributed by atoms with Gasteiger partial charge in [0.15, 0.2) is 0 Å². The summed E-state index contributed by atoms with van der Waals surface area (Å²) in [6, 6.07) is 3.73. The summed E-state index contributed by atoms with van der Waals surface area (Å²) in [5.74, 6) is -2.90. The lowest BCUT2D eigenvalue weighted by atomic mass is 9.70. The highest BCUT2D eigenvalue weighted by atomic mass is 35.5. The standard InChI is InChI=1S/C25H33ClN2O6/c1-5-13(3)16(12-29)28-21(22(30)27-20-14(4)8-7-9-15(20)26)25-11-10-17(34-25)18(19(25)23(28)31)24(32)33-6-2/h7-9,13,16-19,21,29H,5-6,10-12H2,1-4H3,(H,27,30)/t13-,16-,17+,18-,19-,21+,25-/m0/s1. The number of anilines is 1. The quantitative estimate of drug-likeness (QED) is 0.540. The molecule has 34 heavy (non-hydrogen) atoms. The van der Waals surface area contributed by atoms with Gasteiger partial charge >= 0.3 is 5.97 Å². The monoisotopic (exact) mass is 492 g/mol. The van der Waals surface area contributed by atoms with Crippen molar-refractivity contribution in [1.82, 2.24) is 4.90 Å². The maximum absolute atomic E-state index is 13.9. The first-order valence-corrected chi connectivity index (χ1v) is 12.4. The summed E-state index contributed by atoms with van der Waals surface area (Å²) < 4.78 is 11.7. The molecule has 2 bridgehead atoms. The normalized spacial score (nSPS) is 31.4. The smallest absolute Gasteiger partial charge is 0.312 e. The van der Waals surface area contributed by atoms with E-state index in [0.717, 1.165) is 5.56 Å². The van der Waals surface area contributed by atoms with Crippen LogP contribution in [0.2, 0.25) is 5.02 Å². The molecule has 0 unspecified atom stereocenters. The average molecular weight is 493 g/mol. The molecular formula is C25H33ClN2O6. The first kappa shape index (κ1) is 24.9. The fourth-order valence-corrected chi connectivity index (χ4v) is 6.32. The van der Waals surface area contributed by atoms with Gasteiger partial charge in [-0.05, 0) is 44.2 Å². The Balaban J connectivity index is 1.78. The lowest BCUT2D eigenvalue weighted by Crippen LogP contribution is -2.57. The van der Waals surface area contributed by atoms with Crippen molar-refractivity contribution in [3.05, 3.63) is 28.8 Å². The van der Waals surface area contributed by atoms with Crippen molar-refractivity contribution >= 4 is 35.1 Å². The van der Waals surface area contributed by atoms with E-state index in [0.29, 0.717) is 30.0 Å². The lowest BCUT2D eigenvalue weighted by molar-refractivity contribution is -0.155. The number of aliphatic hydroxyl groups is 1. The average Bonchev–Trinajstić information content (AvgIpc) is 3.44. The number of esters is 1. The number of halogens is 1. The maximum Gasteiger partial charge on any atom is 0.312 e. The highest BCUT2D eigenvalue weighted by molar-refractivity contribution is 6.34. The van der Waals surface area contributed by atoms with E-state index >= 15 is 0 Å². The Morgan fingerprint density at radius 1 is 1.38 bits per heavy atom. The summed E-state index contributed by atoms with van der Waals surface area (Å²) in [5, 5.41) is 13.6. The van der Waals surface area contributed by atoms with Gasteiger partial charge in [-0.1, -0.05) is 44.0 Å². The third-order valence-corrected chi connectivity index (χ3v) is 8.18. The number of likely N-dealkylation sites (tertiary alicyclic amines) is 1. The molecule has 3 heterocycles. The van der Waals surface area contributed by atoms with Crippen molar-refractivity contribution in [3.63, 3.8) is 0 Å². The first-order chi connectivity index (χ1) is 16.2. The number of amides is 2. The highest BCUT2D eigenvalue weighted by Crippen LogP contribution is 2.59. The molecule has 9 heteroatoms. The van der Waals surface area contributed by atoms with E-state index in [9.17, 15) is 19.5 Å². The second-order valence-corrected chi connectivity index (χ2v) is 10.0. The minimum absolute atomic E-state index is 0.0697. The van der Waals surface area contributed by atoms with Gasteiger partial charge in [0.05, 0.1) is 47.9 Å². The largest absolute Gasteiger partial charge is 0.466 e. The SMILES string of the molecule is CCOC(=O)[C@@H]1[C@H]2C(=O)N([C@@H](CO)[C@@H](C)CC)[C@H](C(=O)Nc3c(C)cccc3Cl)[C@]23CC[C@H]1O3. The van der Waals surface area contributed by atoms with Gasteiger partial charge in [-0.2, -0.15) is 0 Å². The van der Waals surface area contributed by atoms with E-state index in [4.69, 9.17) is 21.1 Å². The van der Waals surface area contributed by atoms with E-state index in [-0.39, 0.29) is 25.0 Å². The summed E-state index contributed by atoms with van der Waals surface area (Å²) in [6.45, 7) is 7.36. The number of para-hydroxylation sites is 1. The molecule has 8 nitrogen and oxygen atoms in total. The van der Waals surface area contributed by atoms with Crippen molar-refractivity contribution in [2.75, 3.05) is 18.5 Å². The Hall–Kier alpha value is -2.16. The molecule has 4 rings (SSSR count). The molecule has 1 aromatic rings. The lowest BCUT2D eigenvalue weighted by Gasteiger charge is -2.38. The number of hydrogen-bond donors (Lipinski definition) is 2. The number of nitrogens with zero attached hydrogens (tertiary/aromatic N) is 1. The van der Waals surface area contributed by atoms with Crippen LogP contribution in [0.3, 0.4) is 0 Å². The summed E-state index contributed by atoms with van der Waals surface area (Å²) in [6.07, 6.45) is 1.26. The number of aliphatic hydroxyl groups excluding tert-OH is 1. The molecular weight excluding hydrogens is 460 g/mol. The fourth-order valence-electron chi connectivity index (χ4n) is 6.05. The van der Waals surface area contributed by atoms with Crippen LogP contribution in [0.25, 0.3) is 0 Å². The number of fused-ring (bicyclic) bond motifs is 1. The zero-order valence-electron chi connectivity index (χ0n) is 20.0. The van der Waals surface area contributed by atoms with Crippen LogP contribution in [0, 0.1) is 24.7 Å². The van der Waals surface area contributed by atoms with Gasteiger partial charge in [0, 0.05) is 0 Å². The number of aryl methyl sites for hydroxylation is 1. The number of nitrogens with one attached hydrogen (secondary N) is 1. The summed E-state index contributed by atoms with van der Waals surface area (Å²) in [5.41, 5.74) is 0.103. The van der Waals surface area contributed by atoms with Gasteiger partial charge in [0.1, 0.15) is 11.6 Å². The minimum atomic E-state index is -1.15. The molecule has 3 aliphatic rings. The van der Waals surface area contributed by atoms with Gasteiger partial charge in [-0.3, -0.25) is 14.4 Å². The topological polar surface area (TPSA) is 105 Å². The third kappa shape index (κ3) is 3.71. The maximum atomic E-state index is 13.9. The van der Waals surface area contributed by atoms with Crippen LogP contribution < -0.4 is 5.32 Å². The molecule has 0 radical (unpaired) electrons. The molecule has 2 amide bonds. The number of hydrogen-bond acceptors (Lipinski definition) is 6. The molecule has 1 spiro atoms. The van der Waals surface area contributed by atoms with Crippen molar-refractivity contribution in [2.45, 2.75) is 70.7 Å². The number of benzene rings is 1. The van der Waals surface area contributed by atoms with Gasteiger partial charge in [-0.25, -0.2) is 0 Å². The Morgan fingerprint density at radius 3 is 2.74 bits per heavy atom. The molecule has 1 aromatic carbocycles. The van der Waals surface area contributed by atoms with E-state index < -0.39 is 47.5 Å². The molecule has 0 aromatic heterocycles. The Morgan fingerprint density at radius 2 is 2.12 bits per heavy atom. The molecule has 0 saturated carbocycles. The molecule has 3 saturated heterocycles. The molecule has 2 N–H and O–H groups in total. The number of carbonyl (C=O) groups is 3. The van der Waals surface area contributed by atoms with Crippen molar-refractivity contribution in [1.29, 1.82) is 0 Å². The van der Waals surface area contributed by atoms with Gasteiger partial charge in [0.25, 0.3) is 0 Å². The molecule has 3 aliphatic heterocycles. The van der Waals surface area contributed by atoms with Gasteiger partial charge < -0.3 is 24.8 Å². The second kappa shape index (κ2) is 9.47. The van der Waals surface area contributed by atoms with Gasteiger partial charge in [0.2, 0.25) is 11.8 Å². The zero-order valence-corrected chi connectivity index (χ0v) is 20.8. The van der Waals surface area contributed by atoms with Crippen molar-refractivity contribution < 1.29 is 29.0 Å². The van der Waals surface area contributed by atoms with Crippen LogP contribution in [0.15, 0.2) is 18.2 Å². The van der Waals surface area contributed by atoms with Crippen LogP contribution in [0.5, 0.6) is 0 Å². The van der Waals surface area contributed by atoms with E-state index in [2.05, 4.69) is 5.32 Å². The molecule has 0 aliphatic carbocycles. The molecule has 3 fully saturated rings. The number of rotatable bonds is 8. The second-order valence-electron chi connectivity index (χ2n) is 9.61. The van der Waals surface area contributed by atoms with Crippen LogP contribution in [-0.4, -0.2) is 64.8 Å². The molecule has 7 atom stereocenters. The van der Waals surface area contributed by atoms with Gasteiger partial charge in [-0.15, -0.1) is 0 Å². The summed E-state index contributed by atoms with van der Waals surface area (Å²) >= 11 is 6.37. The van der Waals surface area contributed by atoms with Crippen LogP contribution in [0.4, 0.5) is 5.69 Å². The van der Waals surface area contributed by atoms with Crippen molar-refractivity contribution in [3.8, 4) is 0 Å². The van der Waals surface area contributed by atoms with Crippen LogP contribution in [0.1, 0.15) is 45.6 Å². The number of carbonyl (C=O) groups excluding carboxylic acids is 3. The summed E-state index contributed by atoms with van der Waals surface area (Å²) in [7, 11) is 0. The first-order valence-electron chi connectivity index (χ1n) is 12.0. The van der Waals surface area contributed by atoms with Crippen LogP contribution in [-0.2, 0) is 23.9 Å². The number of ether oxygens (including phenoxy) is 2. The fraction of sp³-hybridized carbons (Fsp3) is 0.640. The summed E-state index contributed by atoms with van der Waals surface area (Å²) in [4.78, 5) is 42.2. The predicted molar refractivity (Wildman–Crippen MR) is 126 cm³/mol. The predicted octanol–water partition coefficient (Wildman–Crippen LogP) is 2.93. The van der Waals surface area contributed by atoms with E-state index in [1.165, 1.54) is 4.90 Å². The minimum Gasteiger partial charge on any atom is -0.466 e. The van der Waals surface area contributed by atoms with E-state index in [1.807, 2.05) is 26.8 Å². The third-order valence-electron chi connectivity index (χ3n) is 7.86. The molecule has 186 valence electrons.